The Hall–Kier alpha value is -7.22. The lowest BCUT2D eigenvalue weighted by atomic mass is 10.1. The van der Waals surface area contributed by atoms with Gasteiger partial charge in [-0.3, -0.25) is 4.89 Å². The van der Waals surface area contributed by atoms with Crippen LogP contribution in [0.25, 0.3) is 22.6 Å². The van der Waals surface area contributed by atoms with Gasteiger partial charge in [-0.25, -0.2) is 26.4 Å². The number of benzene rings is 4. The molecule has 260 valence electrons. The van der Waals surface area contributed by atoms with Crippen LogP contribution in [0.5, 0.6) is 0 Å². The highest BCUT2D eigenvalue weighted by Gasteiger charge is 2.02. The molecule has 0 aliphatic rings. The Kier molecular flexibility index (Phi) is 15.0. The second kappa shape index (κ2) is 20.9. The van der Waals surface area contributed by atoms with E-state index in [-0.39, 0.29) is 0 Å². The van der Waals surface area contributed by atoms with Gasteiger partial charge in [0.2, 0.25) is 6.11 Å². The third-order valence-electron chi connectivity index (χ3n) is 6.80. The van der Waals surface area contributed by atoms with Crippen molar-refractivity contribution in [1.82, 2.24) is 9.97 Å². The molecule has 51 heavy (non-hydrogen) atoms. The molecule has 0 saturated carbocycles. The van der Waals surface area contributed by atoms with Crippen molar-refractivity contribution in [1.29, 1.82) is 0 Å². The first-order valence-corrected chi connectivity index (χ1v) is 15.6. The first kappa shape index (κ1) is 36.6. The molecule has 2 heterocycles. The zero-order chi connectivity index (χ0) is 35.9. The molecule has 2 aromatic heterocycles. The molecule has 0 unspecified atom stereocenters. The lowest BCUT2D eigenvalue weighted by molar-refractivity contribution is -0.172. The Bertz CT molecular complexity index is 1980. The molecule has 0 amide bonds. The molecule has 4 aromatic carbocycles. The molecule has 0 aliphatic heterocycles. The first-order valence-electron chi connectivity index (χ1n) is 15.6. The van der Waals surface area contributed by atoms with E-state index in [2.05, 4.69) is 56.5 Å². The van der Waals surface area contributed by atoms with E-state index in [1.165, 1.54) is 12.8 Å². The number of oxazole rings is 2. The van der Waals surface area contributed by atoms with Gasteiger partial charge in [-0.05, 0) is 84.6 Å². The first-order chi connectivity index (χ1) is 25.1. The molecule has 0 fully saturated rings. The molecule has 6 N–H and O–H groups in total. The summed E-state index contributed by atoms with van der Waals surface area (Å²) in [5.41, 5.74) is 21.1. The number of nitrogens with one attached hydrogen (secondary N) is 3. The Morgan fingerprint density at radius 3 is 1.51 bits per heavy atom. The molecule has 6 aromatic rings. The average Bonchev–Trinajstić information content (AvgIpc) is 3.93. The molecule has 6 rings (SSSR count). The van der Waals surface area contributed by atoms with E-state index < -0.39 is 0 Å². The number of anilines is 4. The Labute approximate surface area is 295 Å². The smallest absolute Gasteiger partial charge is 0.203 e. The average molecular weight is 689 g/mol. The van der Waals surface area contributed by atoms with E-state index in [1.54, 1.807) is 12.4 Å². The van der Waals surface area contributed by atoms with Crippen molar-refractivity contribution >= 4 is 22.7 Å². The SMILES string of the molecule is CCc1ccccc1NOC#CONc1ccc(-c2cnco2)cc1.CCc1ccccc1NOC#COO.Nc1ccc(-c2cnco2)cc1. The van der Waals surface area contributed by atoms with Crippen molar-refractivity contribution < 1.29 is 33.5 Å². The van der Waals surface area contributed by atoms with Crippen molar-refractivity contribution in [2.75, 3.05) is 22.2 Å². The normalized spacial score (nSPS) is 9.39. The van der Waals surface area contributed by atoms with Crippen LogP contribution < -0.4 is 22.2 Å². The second-order valence-electron chi connectivity index (χ2n) is 10.1. The molecule has 0 atom stereocenters. The molecule has 0 saturated heterocycles. The van der Waals surface area contributed by atoms with Gasteiger partial charge >= 0.3 is 0 Å². The van der Waals surface area contributed by atoms with Crippen LogP contribution >= 0.6 is 0 Å². The number of hydrogen-bond acceptors (Lipinski definition) is 13. The van der Waals surface area contributed by atoms with Gasteiger partial charge in [-0.1, -0.05) is 50.2 Å². The van der Waals surface area contributed by atoms with Crippen LogP contribution in [-0.4, -0.2) is 15.2 Å². The van der Waals surface area contributed by atoms with Crippen LogP contribution in [0.4, 0.5) is 22.7 Å². The monoisotopic (exact) mass is 688 g/mol. The molecule has 13 heteroatoms. The van der Waals surface area contributed by atoms with Gasteiger partial charge in [0.05, 0.1) is 29.5 Å². The van der Waals surface area contributed by atoms with Crippen molar-refractivity contribution in [3.05, 3.63) is 133 Å². The standard InChI is InChI=1S/C19H17N3O3.C10H11NO3.C9H8N2O/c1-2-15-5-3-4-6-18(15)22-25-12-11-24-21-17-9-7-16(8-10-17)19-13-20-14-23-19;1-2-9-5-3-4-6-10(9)11-13-7-8-14-12;10-8-3-1-7(2-4-8)9-5-11-6-12-9/h3-10,13-14,21-22H,2H2,1H3;3-6,11-12H,2H2,1H3;1-6H,10H2. The number of aromatic nitrogens is 2. The molecular weight excluding hydrogens is 652 g/mol. The van der Waals surface area contributed by atoms with E-state index in [4.69, 9.17) is 34.3 Å². The molecular formula is C38H36N6O7. The van der Waals surface area contributed by atoms with Gasteiger partial charge in [0.25, 0.3) is 0 Å². The zero-order valence-electron chi connectivity index (χ0n) is 27.8. The summed E-state index contributed by atoms with van der Waals surface area (Å²) < 4.78 is 10.3. The van der Waals surface area contributed by atoms with Crippen molar-refractivity contribution in [2.24, 2.45) is 0 Å². The van der Waals surface area contributed by atoms with E-state index >= 15 is 0 Å². The maximum Gasteiger partial charge on any atom is 0.203 e. The number of rotatable bonds is 10. The molecule has 0 bridgehead atoms. The van der Waals surface area contributed by atoms with E-state index in [0.29, 0.717) is 5.76 Å². The maximum atomic E-state index is 7.88. The topological polar surface area (TPSA) is 171 Å². The quantitative estimate of drug-likeness (QED) is 0.0405. The Morgan fingerprint density at radius 1 is 0.608 bits per heavy atom. The largest absolute Gasteiger partial charge is 0.444 e. The van der Waals surface area contributed by atoms with E-state index in [1.807, 2.05) is 110 Å². The Balaban J connectivity index is 0.000000189. The summed E-state index contributed by atoms with van der Waals surface area (Å²) in [7, 11) is 0. The van der Waals surface area contributed by atoms with Crippen LogP contribution in [0.1, 0.15) is 25.0 Å². The Morgan fingerprint density at radius 2 is 1.06 bits per heavy atom. The molecule has 0 aliphatic carbocycles. The van der Waals surface area contributed by atoms with Gasteiger partial charge in [0.15, 0.2) is 42.6 Å². The van der Waals surface area contributed by atoms with Gasteiger partial charge < -0.3 is 29.1 Å². The lowest BCUT2D eigenvalue weighted by Gasteiger charge is -2.06. The third-order valence-corrected chi connectivity index (χ3v) is 6.80. The fraction of sp³-hybridized carbons (Fsp3) is 0.105. The third kappa shape index (κ3) is 12.4. The highest BCUT2D eigenvalue weighted by atomic mass is 17.1. The van der Waals surface area contributed by atoms with Gasteiger partial charge in [0.1, 0.15) is 0 Å². The minimum Gasteiger partial charge on any atom is -0.444 e. The summed E-state index contributed by atoms with van der Waals surface area (Å²) >= 11 is 0. The number of nitrogens with two attached hydrogens (primary N) is 1. The fourth-order valence-corrected chi connectivity index (χ4v) is 4.25. The number of hydrogen-bond donors (Lipinski definition) is 5. The van der Waals surface area contributed by atoms with Crippen LogP contribution in [0.3, 0.4) is 0 Å². The highest BCUT2D eigenvalue weighted by molar-refractivity contribution is 5.60. The summed E-state index contributed by atoms with van der Waals surface area (Å²) in [4.78, 5) is 26.0. The fourth-order valence-electron chi connectivity index (χ4n) is 4.25. The van der Waals surface area contributed by atoms with Crippen LogP contribution in [0.15, 0.2) is 131 Å². The summed E-state index contributed by atoms with van der Waals surface area (Å²) in [6.45, 7) is 4.12. The van der Waals surface area contributed by atoms with Gasteiger partial charge in [-0.15, -0.1) is 0 Å². The number of nitrogens with zero attached hydrogens (tertiary/aromatic N) is 2. The predicted molar refractivity (Wildman–Crippen MR) is 193 cm³/mol. The molecule has 0 spiro atoms. The van der Waals surface area contributed by atoms with Crippen LogP contribution in [-0.2, 0) is 32.2 Å². The summed E-state index contributed by atoms with van der Waals surface area (Å²) in [6, 6.07) is 30.5. The highest BCUT2D eigenvalue weighted by Crippen LogP contribution is 2.21. The lowest BCUT2D eigenvalue weighted by Crippen LogP contribution is -2.00. The minimum atomic E-state index is 0.707. The number of nitrogen functional groups attached to an aromatic ring is 1. The summed E-state index contributed by atoms with van der Waals surface area (Å²) in [5.74, 6) is 1.47. The molecule has 13 nitrogen and oxygen atoms in total. The summed E-state index contributed by atoms with van der Waals surface area (Å²) in [6.07, 6.45) is 16.7. The second-order valence-corrected chi connectivity index (χ2v) is 10.1. The van der Waals surface area contributed by atoms with Gasteiger partial charge in [0, 0.05) is 16.8 Å². The van der Waals surface area contributed by atoms with E-state index in [9.17, 15) is 0 Å². The summed E-state index contributed by atoms with van der Waals surface area (Å²) in [5, 5.41) is 7.88. The van der Waals surface area contributed by atoms with Gasteiger partial charge in [-0.2, -0.15) is 5.26 Å². The number of para-hydroxylation sites is 2. The zero-order valence-corrected chi connectivity index (χ0v) is 27.8. The minimum absolute atomic E-state index is 0.707. The maximum absolute atomic E-state index is 7.88. The molecule has 0 radical (unpaired) electrons. The van der Waals surface area contributed by atoms with E-state index in [0.717, 1.165) is 63.6 Å². The van der Waals surface area contributed by atoms with Crippen molar-refractivity contribution in [3.8, 4) is 47.1 Å². The van der Waals surface area contributed by atoms with Crippen molar-refractivity contribution in [2.45, 2.75) is 26.7 Å². The van der Waals surface area contributed by atoms with Crippen molar-refractivity contribution in [3.63, 3.8) is 0 Å². The predicted octanol–water partition coefficient (Wildman–Crippen LogP) is 8.13. The number of aryl methyl sites for hydroxylation is 2. The van der Waals surface area contributed by atoms with Crippen LogP contribution in [0, 0.1) is 24.4 Å². The van der Waals surface area contributed by atoms with Crippen LogP contribution in [0.2, 0.25) is 0 Å².